The lowest BCUT2D eigenvalue weighted by Crippen LogP contribution is -2.29. The summed E-state index contributed by atoms with van der Waals surface area (Å²) in [5.74, 6) is -0.0756. The summed E-state index contributed by atoms with van der Waals surface area (Å²) in [6.45, 7) is 1.99. The minimum atomic E-state index is -0.387. The van der Waals surface area contributed by atoms with Crippen LogP contribution in [0.3, 0.4) is 0 Å². The maximum atomic E-state index is 12.0. The molecule has 2 aromatic rings. The molecule has 0 radical (unpaired) electrons. The van der Waals surface area contributed by atoms with Gasteiger partial charge >= 0.3 is 6.03 Å². The smallest absolute Gasteiger partial charge is 0.323 e. The van der Waals surface area contributed by atoms with Crippen LogP contribution in [0.5, 0.6) is 0 Å². The van der Waals surface area contributed by atoms with Crippen LogP contribution in [0.15, 0.2) is 30.6 Å². The zero-order valence-corrected chi connectivity index (χ0v) is 13.9. The predicted octanol–water partition coefficient (Wildman–Crippen LogP) is 2.77. The molecule has 0 bridgehead atoms. The Bertz CT molecular complexity index is 770. The minimum absolute atomic E-state index is 0.0756. The van der Waals surface area contributed by atoms with E-state index in [1.54, 1.807) is 24.4 Å². The summed E-state index contributed by atoms with van der Waals surface area (Å²) in [7, 11) is 0. The molecule has 1 aromatic heterocycles. The highest BCUT2D eigenvalue weighted by Gasteiger charge is 2.23. The fourth-order valence-corrected chi connectivity index (χ4v) is 2.44. The number of nitrogens with one attached hydrogen (secondary N) is 3. The third-order valence-electron chi connectivity index (χ3n) is 3.58. The van der Waals surface area contributed by atoms with Gasteiger partial charge in [0.2, 0.25) is 5.91 Å². The van der Waals surface area contributed by atoms with Crippen LogP contribution in [0.4, 0.5) is 16.2 Å². The highest BCUT2D eigenvalue weighted by molar-refractivity contribution is 6.30. The fraction of sp³-hybridized carbons (Fsp3) is 0.312. The first-order valence-electron chi connectivity index (χ1n) is 7.65. The van der Waals surface area contributed by atoms with Crippen molar-refractivity contribution in [1.29, 1.82) is 0 Å². The van der Waals surface area contributed by atoms with Crippen LogP contribution in [0.2, 0.25) is 5.02 Å². The molecule has 3 amide bonds. The molecule has 3 N–H and O–H groups in total. The minimum Gasteiger partial charge on any atom is -0.352 e. The largest absolute Gasteiger partial charge is 0.352 e. The average Bonchev–Trinajstić information content (AvgIpc) is 3.21. The SMILES string of the molecule is Cc1cc(Cl)ccc1NC(=O)Nc1cnn(CC(=O)NC2CC2)c1. The van der Waals surface area contributed by atoms with Crippen LogP contribution >= 0.6 is 11.6 Å². The Balaban J connectivity index is 1.53. The molecule has 3 rings (SSSR count). The molecule has 8 heteroatoms. The van der Waals surface area contributed by atoms with E-state index in [1.807, 2.05) is 6.92 Å². The fourth-order valence-electron chi connectivity index (χ4n) is 2.21. The molecule has 7 nitrogen and oxygen atoms in total. The Morgan fingerprint density at radius 3 is 2.83 bits per heavy atom. The summed E-state index contributed by atoms with van der Waals surface area (Å²) in [5.41, 5.74) is 2.05. The molecule has 0 aliphatic heterocycles. The molecule has 1 aliphatic carbocycles. The number of carbonyl (C=O) groups is 2. The first-order valence-corrected chi connectivity index (χ1v) is 8.03. The third kappa shape index (κ3) is 4.48. The van der Waals surface area contributed by atoms with Gasteiger partial charge in [0.25, 0.3) is 0 Å². The standard InChI is InChI=1S/C16H18ClN5O2/c1-10-6-11(17)2-5-14(10)21-16(24)20-13-7-18-22(8-13)9-15(23)19-12-3-4-12/h2,5-8,12H,3-4,9H2,1H3,(H,19,23)(H2,20,21,24). The summed E-state index contributed by atoms with van der Waals surface area (Å²) in [5, 5.41) is 13.0. The number of rotatable bonds is 5. The molecule has 126 valence electrons. The lowest BCUT2D eigenvalue weighted by atomic mass is 10.2. The number of amides is 3. The molecule has 1 aliphatic rings. The van der Waals surface area contributed by atoms with Crippen molar-refractivity contribution in [3.05, 3.63) is 41.2 Å². The number of nitrogens with zero attached hydrogens (tertiary/aromatic N) is 2. The van der Waals surface area contributed by atoms with Gasteiger partial charge in [-0.2, -0.15) is 5.10 Å². The van der Waals surface area contributed by atoms with Gasteiger partial charge in [0.05, 0.1) is 11.9 Å². The van der Waals surface area contributed by atoms with Gasteiger partial charge in [-0.1, -0.05) is 11.6 Å². The number of hydrogen-bond acceptors (Lipinski definition) is 3. The number of aromatic nitrogens is 2. The van der Waals surface area contributed by atoms with E-state index in [1.165, 1.54) is 10.9 Å². The predicted molar refractivity (Wildman–Crippen MR) is 92.2 cm³/mol. The first kappa shape index (κ1) is 16.3. The number of hydrogen-bond donors (Lipinski definition) is 3. The van der Waals surface area contributed by atoms with Gasteiger partial charge in [-0.3, -0.25) is 9.48 Å². The molecule has 1 aromatic carbocycles. The van der Waals surface area contributed by atoms with Crippen molar-refractivity contribution in [2.75, 3.05) is 10.6 Å². The van der Waals surface area contributed by atoms with Crippen molar-refractivity contribution in [2.24, 2.45) is 0 Å². The van der Waals surface area contributed by atoms with Gasteiger partial charge < -0.3 is 16.0 Å². The molecule has 1 saturated carbocycles. The van der Waals surface area contributed by atoms with Gasteiger partial charge in [-0.05, 0) is 43.5 Å². The Morgan fingerprint density at radius 2 is 2.12 bits per heavy atom. The maximum Gasteiger partial charge on any atom is 0.323 e. The molecule has 0 spiro atoms. The van der Waals surface area contributed by atoms with Crippen molar-refractivity contribution in [3.63, 3.8) is 0 Å². The Hall–Kier alpha value is -2.54. The number of carbonyl (C=O) groups excluding carboxylic acids is 2. The van der Waals surface area contributed by atoms with E-state index in [-0.39, 0.29) is 18.5 Å². The number of aryl methyl sites for hydroxylation is 1. The zero-order chi connectivity index (χ0) is 17.1. The summed E-state index contributed by atoms with van der Waals surface area (Å²) < 4.78 is 1.49. The molecule has 0 saturated heterocycles. The van der Waals surface area contributed by atoms with Gasteiger partial charge in [0, 0.05) is 22.9 Å². The van der Waals surface area contributed by atoms with Crippen molar-refractivity contribution < 1.29 is 9.59 Å². The van der Waals surface area contributed by atoms with Crippen molar-refractivity contribution in [1.82, 2.24) is 15.1 Å². The number of anilines is 2. The van der Waals surface area contributed by atoms with Gasteiger partial charge in [0.1, 0.15) is 6.54 Å². The lowest BCUT2D eigenvalue weighted by Gasteiger charge is -2.09. The zero-order valence-electron chi connectivity index (χ0n) is 13.2. The number of urea groups is 1. The van der Waals surface area contributed by atoms with Gasteiger partial charge in [0.15, 0.2) is 0 Å². The van der Waals surface area contributed by atoms with E-state index in [0.717, 1.165) is 18.4 Å². The lowest BCUT2D eigenvalue weighted by molar-refractivity contribution is -0.122. The van der Waals surface area contributed by atoms with E-state index >= 15 is 0 Å². The number of benzene rings is 1. The summed E-state index contributed by atoms with van der Waals surface area (Å²) in [6.07, 6.45) is 5.20. The molecule has 1 fully saturated rings. The normalized spacial score (nSPS) is 13.4. The topological polar surface area (TPSA) is 88.1 Å². The quantitative estimate of drug-likeness (QED) is 0.777. The van der Waals surface area contributed by atoms with Crippen molar-refractivity contribution >= 4 is 34.9 Å². The third-order valence-corrected chi connectivity index (χ3v) is 3.81. The monoisotopic (exact) mass is 347 g/mol. The van der Waals surface area contributed by atoms with Gasteiger partial charge in [-0.25, -0.2) is 4.79 Å². The second-order valence-electron chi connectivity index (χ2n) is 5.81. The molecule has 1 heterocycles. The van der Waals surface area contributed by atoms with Crippen LogP contribution in [0, 0.1) is 6.92 Å². The van der Waals surface area contributed by atoms with E-state index in [2.05, 4.69) is 21.0 Å². The Labute approximate surface area is 144 Å². The highest BCUT2D eigenvalue weighted by Crippen LogP contribution is 2.20. The molecule has 0 unspecified atom stereocenters. The highest BCUT2D eigenvalue weighted by atomic mass is 35.5. The molecule has 0 atom stereocenters. The van der Waals surface area contributed by atoms with E-state index < -0.39 is 0 Å². The summed E-state index contributed by atoms with van der Waals surface area (Å²) in [4.78, 5) is 23.8. The van der Waals surface area contributed by atoms with Gasteiger partial charge in [-0.15, -0.1) is 0 Å². The van der Waals surface area contributed by atoms with E-state index in [9.17, 15) is 9.59 Å². The average molecular weight is 348 g/mol. The number of halogens is 1. The molecular formula is C16H18ClN5O2. The second kappa shape index (κ2) is 6.92. The van der Waals surface area contributed by atoms with Crippen LogP contribution in [0.1, 0.15) is 18.4 Å². The van der Waals surface area contributed by atoms with Crippen LogP contribution in [-0.2, 0) is 11.3 Å². The van der Waals surface area contributed by atoms with E-state index in [4.69, 9.17) is 11.6 Å². The molecule has 24 heavy (non-hydrogen) atoms. The second-order valence-corrected chi connectivity index (χ2v) is 6.24. The summed E-state index contributed by atoms with van der Waals surface area (Å²) in [6, 6.07) is 5.15. The van der Waals surface area contributed by atoms with Crippen LogP contribution < -0.4 is 16.0 Å². The Morgan fingerprint density at radius 1 is 1.33 bits per heavy atom. The van der Waals surface area contributed by atoms with Crippen molar-refractivity contribution in [2.45, 2.75) is 32.4 Å². The Kier molecular flexibility index (Phi) is 4.71. The van der Waals surface area contributed by atoms with E-state index in [0.29, 0.717) is 22.4 Å². The van der Waals surface area contributed by atoms with Crippen LogP contribution in [-0.4, -0.2) is 27.8 Å². The van der Waals surface area contributed by atoms with Crippen molar-refractivity contribution in [3.8, 4) is 0 Å². The molecular weight excluding hydrogens is 330 g/mol. The first-order chi connectivity index (χ1) is 11.5. The van der Waals surface area contributed by atoms with Crippen LogP contribution in [0.25, 0.3) is 0 Å². The summed E-state index contributed by atoms with van der Waals surface area (Å²) >= 11 is 5.89. The maximum absolute atomic E-state index is 12.0.